The largest absolute Gasteiger partial charge is 0.489 e. The Balaban J connectivity index is 1.31. The van der Waals surface area contributed by atoms with Crippen molar-refractivity contribution in [1.29, 1.82) is 0 Å². The summed E-state index contributed by atoms with van der Waals surface area (Å²) in [4.78, 5) is 56.1. The predicted octanol–water partition coefficient (Wildman–Crippen LogP) is 7.17. The van der Waals surface area contributed by atoms with E-state index in [0.29, 0.717) is 61.1 Å². The minimum absolute atomic E-state index is 0.0557. The predicted molar refractivity (Wildman–Crippen MR) is 235 cm³/mol. The van der Waals surface area contributed by atoms with Gasteiger partial charge in [0.2, 0.25) is 24.4 Å². The molecule has 0 unspecified atom stereocenters. The van der Waals surface area contributed by atoms with Gasteiger partial charge in [-0.1, -0.05) is 52.0 Å². The van der Waals surface area contributed by atoms with Crippen LogP contribution in [0, 0.1) is 11.4 Å². The SMILES string of the molecule is C[C@H]1CN(C)CCN1c1cc(NC(=O)Cn2cc(-c3cc(C(=O)NC(C)(C)CC(C)(C)C)c(OCC[Si](C)(C)C)c4c3OCO4)c3c(=O)n4c(nc32)CCC4)c(Cl)c(F)n1. The normalized spacial score (nSPS) is 17.0. The number of nitrogens with one attached hydrogen (secondary N) is 2. The van der Waals surface area contributed by atoms with Gasteiger partial charge in [-0.2, -0.15) is 4.39 Å². The lowest BCUT2D eigenvalue weighted by atomic mass is 9.81. The van der Waals surface area contributed by atoms with Crippen LogP contribution in [0.3, 0.4) is 0 Å². The second-order valence-electron chi connectivity index (χ2n) is 19.5. The van der Waals surface area contributed by atoms with Crippen LogP contribution in [-0.2, 0) is 24.3 Å². The molecule has 0 radical (unpaired) electrons. The summed E-state index contributed by atoms with van der Waals surface area (Å²) in [6.07, 6.45) is 3.72. The molecule has 60 heavy (non-hydrogen) atoms. The number of piperazine rings is 1. The number of nitrogens with zero attached hydrogens (tertiary/aromatic N) is 6. The molecular formula is C43H58ClFN8O6Si. The molecule has 3 aliphatic heterocycles. The van der Waals surface area contributed by atoms with Crippen LogP contribution < -0.4 is 35.3 Å². The summed E-state index contributed by atoms with van der Waals surface area (Å²) in [5.41, 5.74) is 0.516. The molecule has 6 heterocycles. The van der Waals surface area contributed by atoms with Crippen molar-refractivity contribution < 1.29 is 28.2 Å². The molecule has 0 bridgehead atoms. The van der Waals surface area contributed by atoms with Crippen LogP contribution in [0.15, 0.2) is 23.1 Å². The third kappa shape index (κ3) is 9.15. The van der Waals surface area contributed by atoms with E-state index < -0.39 is 25.5 Å². The number of anilines is 2. The Morgan fingerprint density at radius 3 is 2.48 bits per heavy atom. The maximum absolute atomic E-state index is 15.2. The highest BCUT2D eigenvalue weighted by Gasteiger charge is 2.35. The summed E-state index contributed by atoms with van der Waals surface area (Å²) in [5, 5.41) is 5.98. The number of pyridine rings is 1. The van der Waals surface area contributed by atoms with Gasteiger partial charge in [-0.25, -0.2) is 9.97 Å². The number of hydrogen-bond donors (Lipinski definition) is 2. The third-order valence-corrected chi connectivity index (χ3v) is 13.2. The van der Waals surface area contributed by atoms with Gasteiger partial charge in [-0.3, -0.25) is 19.0 Å². The van der Waals surface area contributed by atoms with E-state index in [1.165, 1.54) is 0 Å². The molecule has 1 fully saturated rings. The zero-order valence-electron chi connectivity index (χ0n) is 36.5. The van der Waals surface area contributed by atoms with Crippen LogP contribution in [0.25, 0.3) is 22.2 Å². The van der Waals surface area contributed by atoms with Gasteiger partial charge in [0, 0.05) is 75.6 Å². The van der Waals surface area contributed by atoms with Crippen LogP contribution in [0.5, 0.6) is 17.2 Å². The number of aryl methyl sites for hydroxylation is 1. The fourth-order valence-electron chi connectivity index (χ4n) is 8.76. The van der Waals surface area contributed by atoms with Crippen LogP contribution in [0.1, 0.15) is 70.6 Å². The van der Waals surface area contributed by atoms with Gasteiger partial charge in [0.1, 0.15) is 28.9 Å². The van der Waals surface area contributed by atoms with Gasteiger partial charge < -0.3 is 39.2 Å². The number of carbonyl (C=O) groups is 2. The molecule has 1 atom stereocenters. The highest BCUT2D eigenvalue weighted by Crippen LogP contribution is 2.51. The summed E-state index contributed by atoms with van der Waals surface area (Å²) in [7, 11) is 0.507. The first-order chi connectivity index (χ1) is 28.1. The average molecular weight is 866 g/mol. The molecule has 1 saturated heterocycles. The Bertz CT molecular complexity index is 2400. The van der Waals surface area contributed by atoms with Gasteiger partial charge in [0.15, 0.2) is 11.5 Å². The molecular weight excluding hydrogens is 807 g/mol. The van der Waals surface area contributed by atoms with Crippen LogP contribution in [0.4, 0.5) is 15.9 Å². The lowest BCUT2D eigenvalue weighted by molar-refractivity contribution is -0.116. The number of ether oxygens (including phenoxy) is 3. The van der Waals surface area contributed by atoms with E-state index >= 15 is 4.39 Å². The van der Waals surface area contributed by atoms with Crippen molar-refractivity contribution in [3.63, 3.8) is 0 Å². The summed E-state index contributed by atoms with van der Waals surface area (Å²) < 4.78 is 37.1. The van der Waals surface area contributed by atoms with E-state index in [2.05, 4.69) is 60.9 Å². The zero-order chi connectivity index (χ0) is 43.5. The van der Waals surface area contributed by atoms with Crippen molar-refractivity contribution in [2.75, 3.05) is 50.3 Å². The number of halogens is 2. The smallest absolute Gasteiger partial charge is 0.263 e. The molecule has 324 valence electrons. The maximum atomic E-state index is 15.2. The molecule has 0 spiro atoms. The standard InChI is InChI=1S/C43H58ClFN8O6Si/c1-25-20-50(7)14-15-52(25)31-19-29(34(44)38(45)47-31)46-32(54)22-51-21-28(33-39(51)48-30-12-11-13-53(30)41(33)56)26-18-27(40(55)49-43(5,6)23-42(2,3)4)36(37-35(26)58-24-59-37)57-16-17-60(8,9)10/h18-19,21,25H,11-17,20,22-24H2,1-10H3,(H,49,55)(H,46,47,54)/t25-/m0/s1. The number of carbonyl (C=O) groups excluding carboxylic acids is 2. The van der Waals surface area contributed by atoms with Crippen LogP contribution >= 0.6 is 11.6 Å². The number of fused-ring (bicyclic) bond motifs is 3. The van der Waals surface area contributed by atoms with E-state index in [-0.39, 0.29) is 75.1 Å². The number of aromatic nitrogens is 4. The Morgan fingerprint density at radius 2 is 1.78 bits per heavy atom. The first kappa shape index (κ1) is 43.4. The summed E-state index contributed by atoms with van der Waals surface area (Å²) in [6.45, 7) is 21.8. The molecule has 0 aliphatic carbocycles. The van der Waals surface area contributed by atoms with Gasteiger partial charge >= 0.3 is 0 Å². The minimum atomic E-state index is -1.52. The fourth-order valence-corrected chi connectivity index (χ4v) is 9.62. The molecule has 2 N–H and O–H groups in total. The molecule has 2 amide bonds. The highest BCUT2D eigenvalue weighted by atomic mass is 35.5. The van der Waals surface area contributed by atoms with E-state index in [4.69, 9.17) is 30.8 Å². The molecule has 1 aromatic carbocycles. The van der Waals surface area contributed by atoms with E-state index in [1.54, 1.807) is 27.5 Å². The highest BCUT2D eigenvalue weighted by molar-refractivity contribution is 6.76. The quantitative estimate of drug-likeness (QED) is 0.111. The van der Waals surface area contributed by atoms with Crippen molar-refractivity contribution in [1.82, 2.24) is 29.3 Å². The maximum Gasteiger partial charge on any atom is 0.263 e. The summed E-state index contributed by atoms with van der Waals surface area (Å²) in [5.74, 6) is 0.0780. The fraction of sp³-hybridized carbons (Fsp3) is 0.558. The second-order valence-corrected chi connectivity index (χ2v) is 25.5. The molecule has 4 aromatic rings. The number of likely N-dealkylation sites (N-methyl/N-ethyl adjacent to an activating group) is 1. The molecule has 3 aliphatic rings. The first-order valence-corrected chi connectivity index (χ1v) is 24.8. The molecule has 14 nitrogen and oxygen atoms in total. The van der Waals surface area contributed by atoms with Crippen molar-refractivity contribution in [3.05, 3.63) is 51.0 Å². The first-order valence-electron chi connectivity index (χ1n) is 20.7. The number of benzene rings is 1. The number of amides is 2. The average Bonchev–Trinajstić information content (AvgIpc) is 3.88. The lowest BCUT2D eigenvalue weighted by Crippen LogP contribution is -2.50. The van der Waals surface area contributed by atoms with Gasteiger partial charge in [-0.15, -0.1) is 0 Å². The van der Waals surface area contributed by atoms with Crippen LogP contribution in [-0.4, -0.2) is 95.6 Å². The zero-order valence-corrected chi connectivity index (χ0v) is 38.2. The van der Waals surface area contributed by atoms with Gasteiger partial charge in [0.05, 0.1) is 23.2 Å². The summed E-state index contributed by atoms with van der Waals surface area (Å²) >= 11 is 6.40. The Hall–Kier alpha value is -4.67. The van der Waals surface area contributed by atoms with Crippen molar-refractivity contribution in [2.24, 2.45) is 5.41 Å². The number of hydrogen-bond acceptors (Lipinski definition) is 10. The van der Waals surface area contributed by atoms with Crippen LogP contribution in [0.2, 0.25) is 30.7 Å². The lowest BCUT2D eigenvalue weighted by Gasteiger charge is -2.39. The van der Waals surface area contributed by atoms with Gasteiger partial charge in [0.25, 0.3) is 11.5 Å². The second kappa shape index (κ2) is 16.3. The van der Waals surface area contributed by atoms with Crippen molar-refractivity contribution >= 4 is 54.0 Å². The molecule has 0 saturated carbocycles. The Labute approximate surface area is 356 Å². The molecule has 3 aromatic heterocycles. The van der Waals surface area contributed by atoms with Gasteiger partial charge in [-0.05, 0) is 58.2 Å². The topological polar surface area (TPSA) is 145 Å². The third-order valence-electron chi connectivity index (χ3n) is 11.1. The molecule has 7 rings (SSSR count). The Kier molecular flexibility index (Phi) is 11.8. The van der Waals surface area contributed by atoms with E-state index in [0.717, 1.165) is 25.6 Å². The van der Waals surface area contributed by atoms with E-state index in [1.807, 2.05) is 32.7 Å². The monoisotopic (exact) mass is 864 g/mol. The van der Waals surface area contributed by atoms with Crippen molar-refractivity contribution in [3.8, 4) is 28.4 Å². The minimum Gasteiger partial charge on any atom is -0.489 e. The Morgan fingerprint density at radius 1 is 1.05 bits per heavy atom. The molecule has 17 heteroatoms. The number of rotatable bonds is 12. The van der Waals surface area contributed by atoms with E-state index in [9.17, 15) is 14.4 Å². The van der Waals surface area contributed by atoms with Crippen molar-refractivity contribution in [2.45, 2.75) is 111 Å². The summed E-state index contributed by atoms with van der Waals surface area (Å²) in [6, 6.07) is 4.18.